The van der Waals surface area contributed by atoms with Crippen LogP contribution < -0.4 is 4.74 Å². The van der Waals surface area contributed by atoms with E-state index < -0.39 is 12.0 Å². The standard InChI is InChI=1S/C21H35NO3/c1-9-17(19(23)22(8)24)25-18-13-12-15(20(4,5)10-2)14-16(18)21(6,7)11-3/h12-14,17,24H,9-11H2,1-8H3. The van der Waals surface area contributed by atoms with Gasteiger partial charge in [0, 0.05) is 12.6 Å². The summed E-state index contributed by atoms with van der Waals surface area (Å²) in [6.45, 7) is 15.1. The zero-order valence-corrected chi connectivity index (χ0v) is 17.1. The van der Waals surface area contributed by atoms with Crippen LogP contribution in [0.3, 0.4) is 0 Å². The Kier molecular flexibility index (Phi) is 7.07. The molecule has 0 aromatic heterocycles. The van der Waals surface area contributed by atoms with Crippen molar-refractivity contribution in [2.75, 3.05) is 7.05 Å². The van der Waals surface area contributed by atoms with E-state index >= 15 is 0 Å². The van der Waals surface area contributed by atoms with Gasteiger partial charge in [0.15, 0.2) is 6.10 Å². The van der Waals surface area contributed by atoms with Crippen LogP contribution >= 0.6 is 0 Å². The van der Waals surface area contributed by atoms with E-state index in [9.17, 15) is 10.0 Å². The average molecular weight is 350 g/mol. The zero-order valence-electron chi connectivity index (χ0n) is 17.1. The molecular weight excluding hydrogens is 314 g/mol. The first-order chi connectivity index (χ1) is 11.5. The minimum absolute atomic E-state index is 0.0678. The van der Waals surface area contributed by atoms with E-state index in [-0.39, 0.29) is 10.8 Å². The lowest BCUT2D eigenvalue weighted by Crippen LogP contribution is -2.38. The smallest absolute Gasteiger partial charge is 0.286 e. The predicted molar refractivity (Wildman–Crippen MR) is 102 cm³/mol. The summed E-state index contributed by atoms with van der Waals surface area (Å²) < 4.78 is 6.06. The summed E-state index contributed by atoms with van der Waals surface area (Å²) in [6.07, 6.45) is 1.82. The van der Waals surface area contributed by atoms with Crippen LogP contribution in [-0.4, -0.2) is 29.3 Å². The fourth-order valence-corrected chi connectivity index (χ4v) is 2.65. The molecule has 0 aliphatic carbocycles. The maximum atomic E-state index is 12.1. The molecule has 0 saturated carbocycles. The van der Waals surface area contributed by atoms with Gasteiger partial charge in [-0.05, 0) is 41.7 Å². The highest BCUT2D eigenvalue weighted by Gasteiger charge is 2.29. The normalized spacial score (nSPS) is 13.5. The quantitative estimate of drug-likeness (QED) is 0.527. The molecule has 0 saturated heterocycles. The maximum absolute atomic E-state index is 12.1. The second-order valence-electron chi connectivity index (χ2n) is 8.06. The molecule has 1 amide bonds. The highest BCUT2D eigenvalue weighted by molar-refractivity contribution is 5.79. The Morgan fingerprint density at radius 1 is 1.12 bits per heavy atom. The first kappa shape index (κ1) is 21.5. The molecule has 142 valence electrons. The highest BCUT2D eigenvalue weighted by atomic mass is 16.5. The number of hydrogen-bond acceptors (Lipinski definition) is 3. The third kappa shape index (κ3) is 4.97. The van der Waals surface area contributed by atoms with Gasteiger partial charge in [0.25, 0.3) is 5.91 Å². The van der Waals surface area contributed by atoms with E-state index in [2.05, 4.69) is 53.7 Å². The molecule has 1 unspecified atom stereocenters. The fraction of sp³-hybridized carbons (Fsp3) is 0.667. The third-order valence-electron chi connectivity index (χ3n) is 5.49. The molecule has 1 aromatic carbocycles. The number of nitrogens with zero attached hydrogens (tertiary/aromatic N) is 1. The molecule has 0 radical (unpaired) electrons. The third-order valence-corrected chi connectivity index (χ3v) is 5.49. The van der Waals surface area contributed by atoms with Crippen molar-refractivity contribution >= 4 is 5.91 Å². The van der Waals surface area contributed by atoms with E-state index in [1.54, 1.807) is 0 Å². The maximum Gasteiger partial charge on any atom is 0.286 e. The van der Waals surface area contributed by atoms with Gasteiger partial charge in [-0.25, -0.2) is 5.06 Å². The molecule has 4 nitrogen and oxygen atoms in total. The first-order valence-corrected chi connectivity index (χ1v) is 9.28. The molecule has 0 spiro atoms. The number of likely N-dealkylation sites (N-methyl/N-ethyl adjacent to an activating group) is 1. The largest absolute Gasteiger partial charge is 0.480 e. The molecule has 0 bridgehead atoms. The van der Waals surface area contributed by atoms with Crippen LogP contribution in [0.4, 0.5) is 0 Å². The van der Waals surface area contributed by atoms with Gasteiger partial charge in [-0.2, -0.15) is 0 Å². The van der Waals surface area contributed by atoms with Gasteiger partial charge < -0.3 is 4.74 Å². The number of rotatable bonds is 8. The van der Waals surface area contributed by atoms with E-state index in [1.165, 1.54) is 12.6 Å². The van der Waals surface area contributed by atoms with E-state index in [1.807, 2.05) is 13.0 Å². The molecule has 1 aromatic rings. The summed E-state index contributed by atoms with van der Waals surface area (Å²) in [6, 6.07) is 6.29. The number of carbonyl (C=O) groups excluding carboxylic acids is 1. The number of hydroxylamine groups is 2. The molecule has 4 heteroatoms. The fourth-order valence-electron chi connectivity index (χ4n) is 2.65. The minimum Gasteiger partial charge on any atom is -0.480 e. The van der Waals surface area contributed by atoms with Gasteiger partial charge in [0.1, 0.15) is 5.75 Å². The van der Waals surface area contributed by atoms with Gasteiger partial charge in [0.2, 0.25) is 0 Å². The number of amides is 1. The van der Waals surface area contributed by atoms with Crippen LogP contribution in [0, 0.1) is 0 Å². The zero-order chi connectivity index (χ0) is 19.4. The van der Waals surface area contributed by atoms with Crippen molar-refractivity contribution in [3.05, 3.63) is 29.3 Å². The van der Waals surface area contributed by atoms with Crippen molar-refractivity contribution in [2.24, 2.45) is 0 Å². The van der Waals surface area contributed by atoms with E-state index in [4.69, 9.17) is 4.74 Å². The van der Waals surface area contributed by atoms with Gasteiger partial charge in [0.05, 0.1) is 0 Å². The van der Waals surface area contributed by atoms with Crippen LogP contribution in [0.15, 0.2) is 18.2 Å². The lowest BCUT2D eigenvalue weighted by atomic mass is 9.76. The average Bonchev–Trinajstić information content (AvgIpc) is 2.58. The van der Waals surface area contributed by atoms with Crippen molar-refractivity contribution < 1.29 is 14.7 Å². The molecule has 1 rings (SSSR count). The summed E-state index contributed by atoms with van der Waals surface area (Å²) in [5.74, 6) is 0.297. The molecule has 0 fully saturated rings. The molecule has 1 atom stereocenters. The summed E-state index contributed by atoms with van der Waals surface area (Å²) in [4.78, 5) is 12.1. The van der Waals surface area contributed by atoms with Crippen molar-refractivity contribution in [2.45, 2.75) is 84.7 Å². The first-order valence-electron chi connectivity index (χ1n) is 9.28. The predicted octanol–water partition coefficient (Wildman–Crippen LogP) is 5.07. The van der Waals surface area contributed by atoms with Gasteiger partial charge in [-0.15, -0.1) is 0 Å². The van der Waals surface area contributed by atoms with Gasteiger partial charge in [-0.3, -0.25) is 10.0 Å². The molecule has 0 aliphatic heterocycles. The second-order valence-corrected chi connectivity index (χ2v) is 8.06. The van der Waals surface area contributed by atoms with Crippen molar-refractivity contribution in [3.63, 3.8) is 0 Å². The number of ether oxygens (including phenoxy) is 1. The summed E-state index contributed by atoms with van der Waals surface area (Å²) in [5.41, 5.74) is 2.41. The van der Waals surface area contributed by atoms with Crippen LogP contribution in [0.25, 0.3) is 0 Å². The van der Waals surface area contributed by atoms with Crippen LogP contribution in [0.2, 0.25) is 0 Å². The second kappa shape index (κ2) is 8.22. The minimum atomic E-state index is -0.688. The van der Waals surface area contributed by atoms with Crippen LogP contribution in [0.5, 0.6) is 5.75 Å². The lowest BCUT2D eigenvalue weighted by molar-refractivity contribution is -0.167. The van der Waals surface area contributed by atoms with Crippen LogP contribution in [0.1, 0.15) is 78.9 Å². The SMILES string of the molecule is CCC(Oc1ccc(C(C)(C)CC)cc1C(C)(C)CC)C(=O)N(C)O. The summed E-state index contributed by atoms with van der Waals surface area (Å²) in [5, 5.41) is 10.1. The Bertz CT molecular complexity index is 591. The Morgan fingerprint density at radius 2 is 1.68 bits per heavy atom. The Hall–Kier alpha value is -1.55. The van der Waals surface area contributed by atoms with Crippen molar-refractivity contribution in [3.8, 4) is 5.75 Å². The Morgan fingerprint density at radius 3 is 2.12 bits per heavy atom. The molecule has 1 N–H and O–H groups in total. The molecule has 25 heavy (non-hydrogen) atoms. The van der Waals surface area contributed by atoms with Gasteiger partial charge >= 0.3 is 0 Å². The van der Waals surface area contributed by atoms with E-state index in [0.717, 1.165) is 24.2 Å². The summed E-state index contributed by atoms with van der Waals surface area (Å²) >= 11 is 0. The number of carbonyl (C=O) groups is 1. The number of benzene rings is 1. The van der Waals surface area contributed by atoms with Gasteiger partial charge in [-0.1, -0.05) is 60.6 Å². The Balaban J connectivity index is 3.37. The topological polar surface area (TPSA) is 49.8 Å². The van der Waals surface area contributed by atoms with E-state index in [0.29, 0.717) is 11.5 Å². The molecule has 0 heterocycles. The highest BCUT2D eigenvalue weighted by Crippen LogP contribution is 2.39. The van der Waals surface area contributed by atoms with Crippen molar-refractivity contribution in [1.29, 1.82) is 0 Å². The monoisotopic (exact) mass is 349 g/mol. The molecular formula is C21H35NO3. The molecule has 0 aliphatic rings. The van der Waals surface area contributed by atoms with Crippen LogP contribution in [-0.2, 0) is 15.6 Å². The lowest BCUT2D eigenvalue weighted by Gasteiger charge is -2.31. The van der Waals surface area contributed by atoms with Crippen molar-refractivity contribution in [1.82, 2.24) is 5.06 Å². The summed E-state index contributed by atoms with van der Waals surface area (Å²) in [7, 11) is 1.33. The Labute approximate surface area is 153 Å². The number of hydrogen-bond donors (Lipinski definition) is 1.